The molecule has 2 aromatic rings. The topological polar surface area (TPSA) is 78.8 Å². The number of carboxylic acids is 1. The standard InChI is InChI=1S/C28H38FNO4/c1-18-24(10-12-27(32)33)25(9-11-26(18)29)19(2)34-17-23(31)16-30-28(3,4)15-20-13-21-7-5-6-8-22(21)14-20/h5-9,11,19-20,23,30-31H,10,12-17H2,1-4H3,(H,32,33)/t19-,23-/m1/s1. The summed E-state index contributed by atoms with van der Waals surface area (Å²) < 4.78 is 20.0. The summed E-state index contributed by atoms with van der Waals surface area (Å²) in [6, 6.07) is 11.7. The molecular formula is C28H38FNO4. The number of fused-ring (bicyclic) bond motifs is 1. The first-order chi connectivity index (χ1) is 16.1. The smallest absolute Gasteiger partial charge is 0.303 e. The van der Waals surface area contributed by atoms with Gasteiger partial charge < -0.3 is 20.3 Å². The molecule has 0 heterocycles. The zero-order chi connectivity index (χ0) is 24.9. The van der Waals surface area contributed by atoms with E-state index in [1.54, 1.807) is 13.0 Å². The second-order valence-electron chi connectivity index (χ2n) is 10.3. The lowest BCUT2D eigenvalue weighted by Gasteiger charge is -2.31. The van der Waals surface area contributed by atoms with Crippen molar-refractivity contribution in [3.8, 4) is 0 Å². The lowest BCUT2D eigenvalue weighted by molar-refractivity contribution is -0.136. The van der Waals surface area contributed by atoms with Crippen LogP contribution in [-0.4, -0.2) is 41.0 Å². The molecule has 0 bridgehead atoms. The molecule has 0 aromatic heterocycles. The molecule has 0 fully saturated rings. The van der Waals surface area contributed by atoms with Crippen molar-refractivity contribution < 1.29 is 24.1 Å². The largest absolute Gasteiger partial charge is 0.481 e. The number of ether oxygens (including phenoxy) is 1. The third kappa shape index (κ3) is 7.11. The highest BCUT2D eigenvalue weighted by Crippen LogP contribution is 2.32. The maximum absolute atomic E-state index is 14.1. The van der Waals surface area contributed by atoms with Gasteiger partial charge in [-0.2, -0.15) is 0 Å². The van der Waals surface area contributed by atoms with Crippen molar-refractivity contribution in [2.45, 2.75) is 77.5 Å². The van der Waals surface area contributed by atoms with E-state index in [1.165, 1.54) is 17.2 Å². The first-order valence-corrected chi connectivity index (χ1v) is 12.2. The molecule has 0 amide bonds. The monoisotopic (exact) mass is 471 g/mol. The van der Waals surface area contributed by atoms with Crippen molar-refractivity contribution in [2.24, 2.45) is 5.92 Å². The van der Waals surface area contributed by atoms with Crippen molar-refractivity contribution in [3.63, 3.8) is 0 Å². The number of hydrogen-bond acceptors (Lipinski definition) is 4. The van der Waals surface area contributed by atoms with E-state index in [-0.39, 0.29) is 36.9 Å². The van der Waals surface area contributed by atoms with Crippen molar-refractivity contribution in [2.75, 3.05) is 13.2 Å². The second kappa shape index (κ2) is 11.4. The van der Waals surface area contributed by atoms with Gasteiger partial charge in [-0.15, -0.1) is 0 Å². The number of carboxylic acid groups (broad SMARTS) is 1. The van der Waals surface area contributed by atoms with Crippen LogP contribution in [0.1, 0.15) is 67.5 Å². The van der Waals surface area contributed by atoms with Gasteiger partial charge >= 0.3 is 5.97 Å². The lowest BCUT2D eigenvalue weighted by Crippen LogP contribution is -2.45. The van der Waals surface area contributed by atoms with E-state index in [1.807, 2.05) is 6.92 Å². The van der Waals surface area contributed by atoms with Crippen LogP contribution in [0.25, 0.3) is 0 Å². The van der Waals surface area contributed by atoms with Crippen LogP contribution in [0.15, 0.2) is 36.4 Å². The Bertz CT molecular complexity index is 965. The molecule has 0 radical (unpaired) electrons. The zero-order valence-corrected chi connectivity index (χ0v) is 20.7. The Morgan fingerprint density at radius 2 is 1.85 bits per heavy atom. The molecular weight excluding hydrogens is 433 g/mol. The van der Waals surface area contributed by atoms with Crippen LogP contribution in [-0.2, 0) is 28.8 Å². The minimum absolute atomic E-state index is 0.0717. The summed E-state index contributed by atoms with van der Waals surface area (Å²) in [5.41, 5.74) is 4.67. The first kappa shape index (κ1) is 26.3. The number of nitrogens with one attached hydrogen (secondary N) is 1. The van der Waals surface area contributed by atoms with E-state index < -0.39 is 12.1 Å². The van der Waals surface area contributed by atoms with Gasteiger partial charge in [0.25, 0.3) is 0 Å². The van der Waals surface area contributed by atoms with E-state index in [0.717, 1.165) is 24.8 Å². The van der Waals surface area contributed by atoms with Crippen LogP contribution in [0.4, 0.5) is 4.39 Å². The fourth-order valence-electron chi connectivity index (χ4n) is 5.08. The Morgan fingerprint density at radius 1 is 1.21 bits per heavy atom. The molecule has 1 aliphatic carbocycles. The van der Waals surface area contributed by atoms with Crippen molar-refractivity contribution in [1.82, 2.24) is 5.32 Å². The van der Waals surface area contributed by atoms with Crippen molar-refractivity contribution >= 4 is 5.97 Å². The Hall–Kier alpha value is -2.28. The van der Waals surface area contributed by atoms with Crippen LogP contribution >= 0.6 is 0 Å². The van der Waals surface area contributed by atoms with E-state index in [4.69, 9.17) is 9.84 Å². The van der Waals surface area contributed by atoms with Gasteiger partial charge in [0, 0.05) is 18.5 Å². The summed E-state index contributed by atoms with van der Waals surface area (Å²) in [6.07, 6.45) is 2.32. The highest BCUT2D eigenvalue weighted by molar-refractivity contribution is 5.67. The van der Waals surface area contributed by atoms with Gasteiger partial charge in [0.15, 0.2) is 0 Å². The van der Waals surface area contributed by atoms with Crippen molar-refractivity contribution in [3.05, 3.63) is 70.0 Å². The molecule has 1 aliphatic rings. The minimum Gasteiger partial charge on any atom is -0.481 e. The molecule has 0 spiro atoms. The van der Waals surface area contributed by atoms with Gasteiger partial charge in [-0.25, -0.2) is 4.39 Å². The summed E-state index contributed by atoms with van der Waals surface area (Å²) in [5, 5.41) is 23.1. The molecule has 186 valence electrons. The van der Waals surface area contributed by atoms with Crippen LogP contribution in [0, 0.1) is 18.7 Å². The molecule has 3 rings (SSSR count). The van der Waals surface area contributed by atoms with Gasteiger partial charge in [-0.05, 0) is 93.2 Å². The first-order valence-electron chi connectivity index (χ1n) is 12.2. The predicted molar refractivity (Wildman–Crippen MR) is 132 cm³/mol. The van der Waals surface area contributed by atoms with Crippen LogP contribution in [0.2, 0.25) is 0 Å². The zero-order valence-electron chi connectivity index (χ0n) is 20.7. The number of β-amino-alcohol motifs (C(OH)–C–C–N with tert-alkyl or cyclic N) is 1. The fraction of sp³-hybridized carbons (Fsp3) is 0.536. The normalized spacial score (nSPS) is 15.8. The number of aliphatic carboxylic acids is 1. The van der Waals surface area contributed by atoms with E-state index in [9.17, 15) is 14.3 Å². The summed E-state index contributed by atoms with van der Waals surface area (Å²) in [7, 11) is 0. The fourth-order valence-corrected chi connectivity index (χ4v) is 5.08. The van der Waals surface area contributed by atoms with Gasteiger partial charge in [0.05, 0.1) is 18.8 Å². The van der Waals surface area contributed by atoms with E-state index in [2.05, 4.69) is 43.4 Å². The maximum atomic E-state index is 14.1. The number of aliphatic hydroxyl groups is 1. The molecule has 0 saturated carbocycles. The SMILES string of the molecule is Cc1c(F)ccc([C@@H](C)OC[C@H](O)CNC(C)(C)CC2Cc3ccccc3C2)c1CCC(=O)O. The Balaban J connectivity index is 1.48. The highest BCUT2D eigenvalue weighted by atomic mass is 19.1. The van der Waals surface area contributed by atoms with Crippen LogP contribution in [0.5, 0.6) is 0 Å². The van der Waals surface area contributed by atoms with E-state index >= 15 is 0 Å². The lowest BCUT2D eigenvalue weighted by atomic mass is 9.88. The number of benzene rings is 2. The van der Waals surface area contributed by atoms with Gasteiger partial charge in [-0.3, -0.25) is 4.79 Å². The third-order valence-electron chi connectivity index (χ3n) is 6.88. The Morgan fingerprint density at radius 3 is 2.47 bits per heavy atom. The second-order valence-corrected chi connectivity index (χ2v) is 10.3. The van der Waals surface area contributed by atoms with E-state index in [0.29, 0.717) is 23.6 Å². The number of aliphatic hydroxyl groups excluding tert-OH is 1. The molecule has 0 unspecified atom stereocenters. The molecule has 34 heavy (non-hydrogen) atoms. The number of halogens is 1. The molecule has 2 aromatic carbocycles. The summed E-state index contributed by atoms with van der Waals surface area (Å²) in [4.78, 5) is 11.0. The quantitative estimate of drug-likeness (QED) is 0.416. The summed E-state index contributed by atoms with van der Waals surface area (Å²) in [5.74, 6) is -0.679. The third-order valence-corrected chi connectivity index (χ3v) is 6.88. The molecule has 2 atom stereocenters. The summed E-state index contributed by atoms with van der Waals surface area (Å²) in [6.45, 7) is 8.39. The van der Waals surface area contributed by atoms with Gasteiger partial charge in [-0.1, -0.05) is 30.3 Å². The van der Waals surface area contributed by atoms with Crippen LogP contribution < -0.4 is 5.32 Å². The maximum Gasteiger partial charge on any atom is 0.303 e. The van der Waals surface area contributed by atoms with Crippen molar-refractivity contribution in [1.29, 1.82) is 0 Å². The average molecular weight is 472 g/mol. The summed E-state index contributed by atoms with van der Waals surface area (Å²) >= 11 is 0. The average Bonchev–Trinajstić information content (AvgIpc) is 3.18. The molecule has 0 aliphatic heterocycles. The number of carbonyl (C=O) groups is 1. The highest BCUT2D eigenvalue weighted by Gasteiger charge is 2.28. The van der Waals surface area contributed by atoms with Crippen LogP contribution in [0.3, 0.4) is 0 Å². The molecule has 6 heteroatoms. The van der Waals surface area contributed by atoms with Gasteiger partial charge in [0.2, 0.25) is 0 Å². The predicted octanol–water partition coefficient (Wildman–Crippen LogP) is 4.76. The Kier molecular flexibility index (Phi) is 8.85. The Labute approximate surface area is 202 Å². The van der Waals surface area contributed by atoms with Gasteiger partial charge in [0.1, 0.15) is 5.82 Å². The minimum atomic E-state index is -0.922. The number of rotatable bonds is 12. The molecule has 0 saturated heterocycles. The number of hydrogen-bond donors (Lipinski definition) is 3. The molecule has 5 nitrogen and oxygen atoms in total. The molecule has 3 N–H and O–H groups in total.